The Bertz CT molecular complexity index is 1120. The largest absolute Gasteiger partial charge is 0.497 e. The van der Waals surface area contributed by atoms with Crippen molar-refractivity contribution in [2.75, 3.05) is 41.1 Å². The van der Waals surface area contributed by atoms with E-state index < -0.39 is 10.2 Å². The highest BCUT2D eigenvalue weighted by atomic mass is 35.7. The molecule has 186 valence electrons. The van der Waals surface area contributed by atoms with Gasteiger partial charge in [0, 0.05) is 18.6 Å². The summed E-state index contributed by atoms with van der Waals surface area (Å²) in [4.78, 5) is 3.51. The molecule has 0 radical (unpaired) electrons. The standard InChI is InChI=1S/C23H27NO5.ClHO4/c1-5-28-12-6-11-24-19-15-22(16-7-9-21(26-3)23(13-16)27-4)29-20-10-8-17(25-2)14-18(19)20;2-1(3,4)5/h7-10,13-15H,5-6,11-12H2,1-4H3;(H,2,3,4,5). The number of benzene rings is 2. The Balaban J connectivity index is 0.000000739. The number of rotatable bonds is 9. The second-order valence-electron chi connectivity index (χ2n) is 6.81. The van der Waals surface area contributed by atoms with Crippen LogP contribution >= 0.6 is 0 Å². The molecule has 0 saturated carbocycles. The highest BCUT2D eigenvalue weighted by molar-refractivity contribution is 5.79. The molecule has 2 aromatic carbocycles. The van der Waals surface area contributed by atoms with Crippen LogP contribution in [0.5, 0.6) is 17.2 Å². The van der Waals surface area contributed by atoms with Crippen LogP contribution in [0.2, 0.25) is 0 Å². The number of ether oxygens (including phenoxy) is 4. The Morgan fingerprint density at radius 1 is 0.882 bits per heavy atom. The van der Waals surface area contributed by atoms with Gasteiger partial charge in [-0.15, -0.1) is 10.2 Å². The van der Waals surface area contributed by atoms with Gasteiger partial charge in [0.1, 0.15) is 23.6 Å². The van der Waals surface area contributed by atoms with E-state index in [-0.39, 0.29) is 0 Å². The first-order valence-electron chi connectivity index (χ1n) is 10.3. The van der Waals surface area contributed by atoms with Crippen molar-refractivity contribution < 1.29 is 57.2 Å². The lowest BCUT2D eigenvalue weighted by Gasteiger charge is -2.17. The Morgan fingerprint density at radius 2 is 1.59 bits per heavy atom. The molecule has 34 heavy (non-hydrogen) atoms. The van der Waals surface area contributed by atoms with Crippen molar-refractivity contribution in [2.24, 2.45) is 0 Å². The third-order valence-corrected chi connectivity index (χ3v) is 4.63. The minimum Gasteiger partial charge on any atom is -0.497 e. The molecule has 0 saturated heterocycles. The molecule has 11 heteroatoms. The van der Waals surface area contributed by atoms with E-state index in [2.05, 4.69) is 4.99 Å². The van der Waals surface area contributed by atoms with Gasteiger partial charge in [0.15, 0.2) is 11.5 Å². The molecule has 0 fully saturated rings. The average molecular weight is 498 g/mol. The fraction of sp³-hybridized carbons (Fsp3) is 0.348. The third-order valence-electron chi connectivity index (χ3n) is 4.63. The van der Waals surface area contributed by atoms with Crippen molar-refractivity contribution >= 4 is 11.0 Å². The van der Waals surface area contributed by atoms with E-state index in [9.17, 15) is 0 Å². The monoisotopic (exact) mass is 497 g/mol. The Morgan fingerprint density at radius 3 is 2.21 bits per heavy atom. The molecule has 0 aliphatic rings. The van der Waals surface area contributed by atoms with Crippen molar-refractivity contribution in [1.82, 2.24) is 0 Å². The molecule has 0 atom stereocenters. The quantitative estimate of drug-likeness (QED) is 0.323. The normalized spacial score (nSPS) is 11.7. The number of nitrogens with one attached hydrogen (secondary N) is 1. The van der Waals surface area contributed by atoms with Crippen LogP contribution < -0.4 is 43.2 Å². The number of halogens is 1. The zero-order valence-corrected chi connectivity index (χ0v) is 20.2. The predicted molar refractivity (Wildman–Crippen MR) is 111 cm³/mol. The number of fused-ring (bicyclic) bond motifs is 1. The molecule has 10 nitrogen and oxygen atoms in total. The molecule has 3 rings (SSSR count). The van der Waals surface area contributed by atoms with E-state index in [1.807, 2.05) is 49.4 Å². The number of hydrogen-bond donors (Lipinski definition) is 1. The highest BCUT2D eigenvalue weighted by Gasteiger charge is 2.13. The minimum atomic E-state index is -4.94. The number of hydrogen-bond acceptors (Lipinski definition) is 9. The van der Waals surface area contributed by atoms with Gasteiger partial charge in [0.25, 0.3) is 0 Å². The Hall–Kier alpha value is -2.86. The third kappa shape index (κ3) is 8.49. The fourth-order valence-corrected chi connectivity index (χ4v) is 3.11. The fourth-order valence-electron chi connectivity index (χ4n) is 3.11. The summed E-state index contributed by atoms with van der Waals surface area (Å²) in [7, 11) is -0.0438. The molecule has 0 unspecified atom stereocenters. The van der Waals surface area contributed by atoms with E-state index in [1.54, 1.807) is 21.3 Å². The molecule has 1 heterocycles. The van der Waals surface area contributed by atoms with Gasteiger partial charge in [0.05, 0.1) is 39.4 Å². The second kappa shape index (κ2) is 13.1. The first-order chi connectivity index (χ1) is 16.2. The summed E-state index contributed by atoms with van der Waals surface area (Å²) in [6, 6.07) is 13.5. The van der Waals surface area contributed by atoms with E-state index in [4.69, 9.17) is 42.0 Å². The van der Waals surface area contributed by atoms with Crippen LogP contribution in [0.15, 0.2) is 46.9 Å². The molecular weight excluding hydrogens is 470 g/mol. The SMILES string of the molecule is CCOCCC[NH+]=c1cc(-c2ccc(OC)c(OC)c2)oc2ccc(OC)cc12.[O-][Cl+3]([O-])([O-])[O-]. The van der Waals surface area contributed by atoms with Crippen molar-refractivity contribution in [1.29, 1.82) is 0 Å². The van der Waals surface area contributed by atoms with Gasteiger partial charge in [0.2, 0.25) is 5.36 Å². The van der Waals surface area contributed by atoms with Crippen LogP contribution in [-0.4, -0.2) is 41.1 Å². The van der Waals surface area contributed by atoms with Gasteiger partial charge in [-0.2, -0.15) is 0 Å². The van der Waals surface area contributed by atoms with Crippen LogP contribution in [-0.2, 0) is 4.74 Å². The topological polar surface area (TPSA) is 156 Å². The van der Waals surface area contributed by atoms with E-state index in [1.165, 1.54) is 0 Å². The summed E-state index contributed by atoms with van der Waals surface area (Å²) in [5, 5.41) is 1.94. The molecule has 0 bridgehead atoms. The van der Waals surface area contributed by atoms with Crippen LogP contribution in [0.4, 0.5) is 0 Å². The van der Waals surface area contributed by atoms with Crippen molar-refractivity contribution in [3.8, 4) is 28.6 Å². The Kier molecular flexibility index (Phi) is 10.6. The van der Waals surface area contributed by atoms with Gasteiger partial charge >= 0.3 is 0 Å². The van der Waals surface area contributed by atoms with Gasteiger partial charge in [-0.25, -0.2) is 23.6 Å². The molecule has 0 aliphatic heterocycles. The summed E-state index contributed by atoms with van der Waals surface area (Å²) in [5.41, 5.74) is 1.67. The lowest BCUT2D eigenvalue weighted by atomic mass is 10.1. The maximum Gasteiger partial charge on any atom is 0.213 e. The summed E-state index contributed by atoms with van der Waals surface area (Å²) < 4.78 is 61.8. The summed E-state index contributed by atoms with van der Waals surface area (Å²) in [6.07, 6.45) is 0.914. The van der Waals surface area contributed by atoms with Crippen LogP contribution in [0.25, 0.3) is 22.3 Å². The molecule has 1 N–H and O–H groups in total. The highest BCUT2D eigenvalue weighted by Crippen LogP contribution is 2.33. The maximum atomic E-state index is 8.49. The minimum absolute atomic E-state index is 0.654. The van der Waals surface area contributed by atoms with Gasteiger partial charge in [-0.05, 0) is 43.3 Å². The second-order valence-corrected chi connectivity index (χ2v) is 7.57. The lowest BCUT2D eigenvalue weighted by molar-refractivity contribution is -2.00. The summed E-state index contributed by atoms with van der Waals surface area (Å²) >= 11 is 0. The van der Waals surface area contributed by atoms with Crippen LogP contribution in [0.3, 0.4) is 0 Å². The Labute approximate surface area is 199 Å². The molecule has 0 aliphatic carbocycles. The molecule has 0 spiro atoms. The zero-order chi connectivity index (χ0) is 25.1. The summed E-state index contributed by atoms with van der Waals surface area (Å²) in [6.45, 7) is 4.25. The van der Waals surface area contributed by atoms with Crippen LogP contribution in [0.1, 0.15) is 13.3 Å². The molecular formula is C23H28ClNO9. The summed E-state index contributed by atoms with van der Waals surface area (Å²) in [5.74, 6) is 2.84. The van der Waals surface area contributed by atoms with E-state index in [0.717, 1.165) is 59.6 Å². The van der Waals surface area contributed by atoms with E-state index >= 15 is 0 Å². The zero-order valence-electron chi connectivity index (χ0n) is 19.4. The van der Waals surface area contributed by atoms with Crippen LogP contribution in [0, 0.1) is 10.2 Å². The predicted octanol–water partition coefficient (Wildman–Crippen LogP) is -2.22. The van der Waals surface area contributed by atoms with E-state index in [0.29, 0.717) is 11.5 Å². The molecule has 1 aromatic heterocycles. The molecule has 0 amide bonds. The van der Waals surface area contributed by atoms with Gasteiger partial charge in [-0.1, -0.05) is 0 Å². The maximum absolute atomic E-state index is 8.49. The average Bonchev–Trinajstić information content (AvgIpc) is 2.81. The first-order valence-corrected chi connectivity index (χ1v) is 11.5. The number of methoxy groups -OCH3 is 3. The van der Waals surface area contributed by atoms with Crippen molar-refractivity contribution in [2.45, 2.75) is 13.3 Å². The lowest BCUT2D eigenvalue weighted by Crippen LogP contribution is -2.76. The first kappa shape index (κ1) is 27.4. The molecule has 3 aromatic rings. The van der Waals surface area contributed by atoms with Crippen molar-refractivity contribution in [3.63, 3.8) is 0 Å². The van der Waals surface area contributed by atoms with Crippen molar-refractivity contribution in [3.05, 3.63) is 47.8 Å². The van der Waals surface area contributed by atoms with Gasteiger partial charge in [-0.3, -0.25) is 0 Å². The van der Waals surface area contributed by atoms with Gasteiger partial charge < -0.3 is 23.4 Å². The smallest absolute Gasteiger partial charge is 0.213 e.